The average molecular weight is 356 g/mol. The highest BCUT2D eigenvalue weighted by atomic mass is 35.5. The highest BCUT2D eigenvalue weighted by Crippen LogP contribution is 2.39. The van der Waals surface area contributed by atoms with Crippen LogP contribution in [-0.2, 0) is 19.1 Å². The zero-order valence-corrected chi connectivity index (χ0v) is 13.4. The van der Waals surface area contributed by atoms with Crippen LogP contribution in [0.5, 0.6) is 0 Å². The van der Waals surface area contributed by atoms with Gasteiger partial charge in [-0.2, -0.15) is 5.10 Å². The molecule has 2 amide bonds. The van der Waals surface area contributed by atoms with Crippen LogP contribution < -0.4 is 10.3 Å². The van der Waals surface area contributed by atoms with Gasteiger partial charge in [-0.25, -0.2) is 9.69 Å². The summed E-state index contributed by atoms with van der Waals surface area (Å²) in [5, 5.41) is 4.09. The van der Waals surface area contributed by atoms with Crippen molar-refractivity contribution in [3.8, 4) is 0 Å². The molecule has 0 aromatic heterocycles. The molecule has 0 spiro atoms. The lowest BCUT2D eigenvalue weighted by Gasteiger charge is -2.18. The van der Waals surface area contributed by atoms with Crippen LogP contribution in [0.4, 0.5) is 5.69 Å². The van der Waals surface area contributed by atoms with E-state index in [0.29, 0.717) is 0 Å². The maximum Gasteiger partial charge on any atom is 0.355 e. The fourth-order valence-corrected chi connectivity index (χ4v) is 3.15. The van der Waals surface area contributed by atoms with Gasteiger partial charge in [-0.05, 0) is 19.1 Å². The summed E-state index contributed by atoms with van der Waals surface area (Å²) in [6.07, 6.45) is 0. The van der Waals surface area contributed by atoms with Gasteiger partial charge in [0.15, 0.2) is 5.71 Å². The number of carbonyl (C=O) groups is 3. The van der Waals surface area contributed by atoms with Gasteiger partial charge < -0.3 is 4.74 Å². The first-order chi connectivity index (χ1) is 11.0. The lowest BCUT2D eigenvalue weighted by atomic mass is 9.99. The molecule has 2 aliphatic rings. The SMILES string of the molecule is CCOC(=O)C1=NN[C@H]2C(=O)N(c3c(Cl)cccc3Cl)C(=O)[C@H]12. The van der Waals surface area contributed by atoms with E-state index in [1.54, 1.807) is 13.0 Å². The lowest BCUT2D eigenvalue weighted by Crippen LogP contribution is -2.36. The number of hydrazone groups is 1. The normalized spacial score (nSPS) is 22.7. The van der Waals surface area contributed by atoms with E-state index < -0.39 is 29.7 Å². The Hall–Kier alpha value is -2.12. The van der Waals surface area contributed by atoms with Crippen molar-refractivity contribution in [2.75, 3.05) is 11.5 Å². The van der Waals surface area contributed by atoms with Gasteiger partial charge >= 0.3 is 5.97 Å². The van der Waals surface area contributed by atoms with E-state index in [9.17, 15) is 14.4 Å². The molecule has 23 heavy (non-hydrogen) atoms. The molecule has 1 fully saturated rings. The van der Waals surface area contributed by atoms with Crippen molar-refractivity contribution in [2.24, 2.45) is 11.0 Å². The summed E-state index contributed by atoms with van der Waals surface area (Å²) in [6.45, 7) is 1.77. The van der Waals surface area contributed by atoms with Crippen molar-refractivity contribution in [1.82, 2.24) is 5.43 Å². The predicted octanol–water partition coefficient (Wildman–Crippen LogP) is 1.37. The van der Waals surface area contributed by atoms with E-state index in [1.165, 1.54) is 12.1 Å². The van der Waals surface area contributed by atoms with E-state index in [-0.39, 0.29) is 28.1 Å². The zero-order chi connectivity index (χ0) is 16.7. The molecule has 2 heterocycles. The van der Waals surface area contributed by atoms with Gasteiger partial charge in [0.1, 0.15) is 12.0 Å². The minimum absolute atomic E-state index is 0.102. The third-order valence-corrected chi connectivity index (χ3v) is 4.18. The third-order valence-electron chi connectivity index (χ3n) is 3.57. The minimum atomic E-state index is -1.05. The number of nitrogens with one attached hydrogen (secondary N) is 1. The fraction of sp³-hybridized carbons (Fsp3) is 0.286. The molecule has 120 valence electrons. The van der Waals surface area contributed by atoms with E-state index in [4.69, 9.17) is 27.9 Å². The summed E-state index contributed by atoms with van der Waals surface area (Å²) < 4.78 is 4.86. The van der Waals surface area contributed by atoms with Crippen molar-refractivity contribution in [3.63, 3.8) is 0 Å². The van der Waals surface area contributed by atoms with E-state index in [2.05, 4.69) is 10.5 Å². The summed E-state index contributed by atoms with van der Waals surface area (Å²) in [4.78, 5) is 38.0. The Labute approximate surface area is 141 Å². The second-order valence-electron chi connectivity index (χ2n) is 4.88. The highest BCUT2D eigenvalue weighted by molar-refractivity contribution is 6.48. The number of hydrogen-bond acceptors (Lipinski definition) is 6. The van der Waals surface area contributed by atoms with Gasteiger partial charge in [-0.15, -0.1) is 0 Å². The molecule has 0 bridgehead atoms. The Bertz CT molecular complexity index is 729. The molecule has 0 saturated carbocycles. The summed E-state index contributed by atoms with van der Waals surface area (Å²) in [7, 11) is 0. The first-order valence-electron chi connectivity index (χ1n) is 6.79. The number of ether oxygens (including phenoxy) is 1. The number of hydrogen-bond donors (Lipinski definition) is 1. The number of amides is 2. The Morgan fingerprint density at radius 1 is 1.30 bits per heavy atom. The largest absolute Gasteiger partial charge is 0.461 e. The molecule has 1 saturated heterocycles. The molecular weight excluding hydrogens is 345 g/mol. The molecular formula is C14H11Cl2N3O4. The molecule has 2 atom stereocenters. The number of para-hydroxylation sites is 1. The second-order valence-corrected chi connectivity index (χ2v) is 5.70. The van der Waals surface area contributed by atoms with Gasteiger partial charge in [0.2, 0.25) is 5.91 Å². The molecule has 1 aromatic rings. The Kier molecular flexibility index (Phi) is 3.99. The molecule has 2 aliphatic heterocycles. The molecule has 1 aromatic carbocycles. The van der Waals surface area contributed by atoms with Crippen LogP contribution in [0, 0.1) is 5.92 Å². The minimum Gasteiger partial charge on any atom is -0.461 e. The van der Waals surface area contributed by atoms with Gasteiger partial charge in [0.25, 0.3) is 5.91 Å². The van der Waals surface area contributed by atoms with Crippen molar-refractivity contribution in [1.29, 1.82) is 0 Å². The molecule has 7 nitrogen and oxygen atoms in total. The van der Waals surface area contributed by atoms with Crippen LogP contribution in [0.15, 0.2) is 23.3 Å². The molecule has 1 N–H and O–H groups in total. The molecule has 3 rings (SSSR count). The number of rotatable bonds is 3. The molecule has 0 aliphatic carbocycles. The number of esters is 1. The molecule has 9 heteroatoms. The number of imide groups is 1. The predicted molar refractivity (Wildman–Crippen MR) is 83.4 cm³/mol. The summed E-state index contributed by atoms with van der Waals surface area (Å²) in [6, 6.07) is 3.68. The van der Waals surface area contributed by atoms with Crippen LogP contribution >= 0.6 is 23.2 Å². The highest BCUT2D eigenvalue weighted by Gasteiger charge is 2.56. The van der Waals surface area contributed by atoms with Gasteiger partial charge in [0, 0.05) is 0 Å². The maximum absolute atomic E-state index is 12.7. The zero-order valence-electron chi connectivity index (χ0n) is 11.9. The Morgan fingerprint density at radius 3 is 2.57 bits per heavy atom. The number of benzene rings is 1. The van der Waals surface area contributed by atoms with Crippen LogP contribution in [0.3, 0.4) is 0 Å². The van der Waals surface area contributed by atoms with E-state index >= 15 is 0 Å². The quantitative estimate of drug-likeness (QED) is 0.653. The summed E-state index contributed by atoms with van der Waals surface area (Å²) in [5.41, 5.74) is 2.49. The standard InChI is InChI=1S/C14H11Cl2N3O4/c1-2-23-14(22)10-8-9(17-18-10)13(21)19(12(8)20)11-6(15)4-3-5-7(11)16/h3-5,8-9,17H,2H2,1H3/t8-,9+/m0/s1. The van der Waals surface area contributed by atoms with Crippen LogP contribution in [-0.4, -0.2) is 36.1 Å². The van der Waals surface area contributed by atoms with Crippen LogP contribution in [0.1, 0.15) is 6.92 Å². The fourth-order valence-electron chi connectivity index (χ4n) is 2.59. The molecule has 0 radical (unpaired) electrons. The van der Waals surface area contributed by atoms with Crippen molar-refractivity contribution >= 4 is 52.4 Å². The monoisotopic (exact) mass is 355 g/mol. The van der Waals surface area contributed by atoms with Gasteiger partial charge in [-0.3, -0.25) is 15.0 Å². The van der Waals surface area contributed by atoms with Gasteiger partial charge in [-0.1, -0.05) is 29.3 Å². The van der Waals surface area contributed by atoms with Crippen LogP contribution in [0.2, 0.25) is 10.0 Å². The lowest BCUT2D eigenvalue weighted by molar-refractivity contribution is -0.136. The third kappa shape index (κ3) is 2.36. The van der Waals surface area contributed by atoms with Crippen molar-refractivity contribution in [3.05, 3.63) is 28.2 Å². The Morgan fingerprint density at radius 2 is 1.96 bits per heavy atom. The first-order valence-corrected chi connectivity index (χ1v) is 7.55. The Balaban J connectivity index is 1.99. The number of halogens is 2. The van der Waals surface area contributed by atoms with Gasteiger partial charge in [0.05, 0.1) is 22.3 Å². The van der Waals surface area contributed by atoms with Crippen LogP contribution in [0.25, 0.3) is 0 Å². The number of fused-ring (bicyclic) bond motifs is 1. The van der Waals surface area contributed by atoms with Crippen molar-refractivity contribution < 1.29 is 19.1 Å². The maximum atomic E-state index is 12.7. The smallest absolute Gasteiger partial charge is 0.355 e. The second kappa shape index (κ2) is 5.82. The summed E-state index contributed by atoms with van der Waals surface area (Å²) in [5.74, 6) is -2.97. The molecule has 0 unspecified atom stereocenters. The number of carbonyl (C=O) groups excluding carboxylic acids is 3. The topological polar surface area (TPSA) is 88.1 Å². The summed E-state index contributed by atoms with van der Waals surface area (Å²) >= 11 is 12.1. The number of nitrogens with zero attached hydrogens (tertiary/aromatic N) is 2. The van der Waals surface area contributed by atoms with Crippen molar-refractivity contribution in [2.45, 2.75) is 13.0 Å². The number of anilines is 1. The first kappa shape index (κ1) is 15.8. The van der Waals surface area contributed by atoms with E-state index in [1.807, 2.05) is 0 Å². The van der Waals surface area contributed by atoms with E-state index in [0.717, 1.165) is 4.90 Å². The average Bonchev–Trinajstić information content (AvgIpc) is 3.03.